The van der Waals surface area contributed by atoms with Crippen LogP contribution in [0.1, 0.15) is 57.6 Å². The van der Waals surface area contributed by atoms with Crippen LogP contribution < -0.4 is 10.6 Å². The van der Waals surface area contributed by atoms with Crippen molar-refractivity contribution in [2.24, 2.45) is 5.92 Å². The van der Waals surface area contributed by atoms with E-state index in [0.29, 0.717) is 32.1 Å². The molecule has 1 aliphatic rings. The quantitative estimate of drug-likeness (QED) is 0.541. The molecule has 1 fully saturated rings. The van der Waals surface area contributed by atoms with Crippen molar-refractivity contribution in [3.63, 3.8) is 0 Å². The second kappa shape index (κ2) is 12.4. The molecule has 2 amide bonds. The smallest absolute Gasteiger partial charge is 0.407 e. The standard InChI is InChI=1S/C28H36N2O5/c1-28(2,3)35-27(33)29-23-16-14-22(15-17-23)25(31)30-24(18-20-10-6-4-7-11-20)26(32)34-19-21-12-8-5-9-13-21/h4-13,22-24H,14-19H2,1-3H3,(H,29,33)(H,30,31)/t22-,23+,24?. The molecule has 0 saturated heterocycles. The molecular formula is C28H36N2O5. The number of rotatable bonds is 8. The Kier molecular flexibility index (Phi) is 9.29. The van der Waals surface area contributed by atoms with Crippen molar-refractivity contribution in [2.75, 3.05) is 0 Å². The average Bonchev–Trinajstić information content (AvgIpc) is 2.82. The lowest BCUT2D eigenvalue weighted by atomic mass is 9.85. The molecule has 0 radical (unpaired) electrons. The van der Waals surface area contributed by atoms with Gasteiger partial charge in [-0.2, -0.15) is 0 Å². The van der Waals surface area contributed by atoms with Crippen LogP contribution >= 0.6 is 0 Å². The van der Waals surface area contributed by atoms with Gasteiger partial charge in [0.1, 0.15) is 18.2 Å². The third-order valence-corrected chi connectivity index (χ3v) is 5.93. The van der Waals surface area contributed by atoms with Gasteiger partial charge in [0.2, 0.25) is 5.91 Å². The van der Waals surface area contributed by atoms with Crippen LogP contribution in [0.25, 0.3) is 0 Å². The second-order valence-corrected chi connectivity index (χ2v) is 10.0. The van der Waals surface area contributed by atoms with Gasteiger partial charge in [-0.15, -0.1) is 0 Å². The van der Waals surface area contributed by atoms with E-state index in [-0.39, 0.29) is 24.5 Å². The number of ether oxygens (including phenoxy) is 2. The number of hydrogen-bond acceptors (Lipinski definition) is 5. The molecule has 2 aromatic carbocycles. The van der Waals surface area contributed by atoms with Crippen molar-refractivity contribution in [2.45, 2.75) is 77.2 Å². The summed E-state index contributed by atoms with van der Waals surface area (Å²) in [6.45, 7) is 5.63. The molecular weight excluding hydrogens is 444 g/mol. The minimum Gasteiger partial charge on any atom is -0.459 e. The SMILES string of the molecule is CC(C)(C)OC(=O)N[C@H]1CC[C@@H](C(=O)NC(Cc2ccccc2)C(=O)OCc2ccccc2)CC1. The first-order valence-electron chi connectivity index (χ1n) is 12.2. The van der Waals surface area contributed by atoms with Gasteiger partial charge >= 0.3 is 12.1 Å². The minimum absolute atomic E-state index is 0.0233. The van der Waals surface area contributed by atoms with E-state index in [2.05, 4.69) is 10.6 Å². The Morgan fingerprint density at radius 2 is 1.46 bits per heavy atom. The fourth-order valence-corrected chi connectivity index (χ4v) is 4.14. The Balaban J connectivity index is 1.55. The molecule has 0 aliphatic heterocycles. The molecule has 3 rings (SSSR count). The Hall–Kier alpha value is -3.35. The summed E-state index contributed by atoms with van der Waals surface area (Å²) < 4.78 is 10.9. The molecule has 0 aromatic heterocycles. The highest BCUT2D eigenvalue weighted by molar-refractivity contribution is 5.86. The monoisotopic (exact) mass is 480 g/mol. The van der Waals surface area contributed by atoms with Crippen molar-refractivity contribution in [3.8, 4) is 0 Å². The number of esters is 1. The molecule has 0 heterocycles. The molecule has 1 saturated carbocycles. The number of amides is 2. The number of carbonyl (C=O) groups is 3. The van der Waals surface area contributed by atoms with E-state index in [1.165, 1.54) is 0 Å². The Morgan fingerprint density at radius 3 is 2.03 bits per heavy atom. The summed E-state index contributed by atoms with van der Waals surface area (Å²) in [6.07, 6.45) is 2.54. The third-order valence-electron chi connectivity index (χ3n) is 5.93. The summed E-state index contributed by atoms with van der Waals surface area (Å²) in [5, 5.41) is 5.82. The minimum atomic E-state index is -0.772. The summed E-state index contributed by atoms with van der Waals surface area (Å²) in [6, 6.07) is 18.2. The van der Waals surface area contributed by atoms with Crippen molar-refractivity contribution in [1.82, 2.24) is 10.6 Å². The van der Waals surface area contributed by atoms with Crippen LogP contribution in [0.15, 0.2) is 60.7 Å². The van der Waals surface area contributed by atoms with Gasteiger partial charge in [-0.3, -0.25) is 4.79 Å². The topological polar surface area (TPSA) is 93.7 Å². The maximum atomic E-state index is 13.1. The number of alkyl carbamates (subject to hydrolysis) is 1. The number of nitrogens with one attached hydrogen (secondary N) is 2. The zero-order valence-electron chi connectivity index (χ0n) is 20.8. The predicted octanol–water partition coefficient (Wildman–Crippen LogP) is 4.54. The molecule has 7 nitrogen and oxygen atoms in total. The van der Waals surface area contributed by atoms with Crippen LogP contribution in [0, 0.1) is 5.92 Å². The van der Waals surface area contributed by atoms with Crippen LogP contribution in [-0.4, -0.2) is 35.7 Å². The highest BCUT2D eigenvalue weighted by atomic mass is 16.6. The van der Waals surface area contributed by atoms with Crippen LogP contribution in [0.4, 0.5) is 4.79 Å². The van der Waals surface area contributed by atoms with E-state index in [9.17, 15) is 14.4 Å². The van der Waals surface area contributed by atoms with E-state index in [1.807, 2.05) is 81.4 Å². The summed E-state index contributed by atoms with van der Waals surface area (Å²) in [7, 11) is 0. The fourth-order valence-electron chi connectivity index (χ4n) is 4.14. The molecule has 1 atom stereocenters. The van der Waals surface area contributed by atoms with E-state index in [0.717, 1.165) is 11.1 Å². The molecule has 1 aliphatic carbocycles. The van der Waals surface area contributed by atoms with Crippen LogP contribution in [0.2, 0.25) is 0 Å². The average molecular weight is 481 g/mol. The van der Waals surface area contributed by atoms with Crippen LogP contribution in [-0.2, 0) is 32.1 Å². The van der Waals surface area contributed by atoms with Crippen molar-refractivity contribution >= 4 is 18.0 Å². The molecule has 188 valence electrons. The summed E-state index contributed by atoms with van der Waals surface area (Å²) >= 11 is 0. The molecule has 0 bridgehead atoms. The van der Waals surface area contributed by atoms with Crippen LogP contribution in [0.5, 0.6) is 0 Å². The van der Waals surface area contributed by atoms with Crippen molar-refractivity contribution in [1.29, 1.82) is 0 Å². The van der Waals surface area contributed by atoms with Crippen LogP contribution in [0.3, 0.4) is 0 Å². The summed E-state index contributed by atoms with van der Waals surface area (Å²) in [5.41, 5.74) is 1.28. The Morgan fingerprint density at radius 1 is 0.886 bits per heavy atom. The van der Waals surface area contributed by atoms with Crippen molar-refractivity contribution < 1.29 is 23.9 Å². The van der Waals surface area contributed by atoms with E-state index in [4.69, 9.17) is 9.47 Å². The van der Waals surface area contributed by atoms with Gasteiger partial charge in [0.25, 0.3) is 0 Å². The number of hydrogen-bond donors (Lipinski definition) is 2. The summed E-state index contributed by atoms with van der Waals surface area (Å²) in [4.78, 5) is 38.0. The molecule has 1 unspecified atom stereocenters. The highest BCUT2D eigenvalue weighted by Crippen LogP contribution is 2.25. The first-order valence-corrected chi connectivity index (χ1v) is 12.2. The third kappa shape index (κ3) is 9.08. The van der Waals surface area contributed by atoms with Gasteiger partial charge in [-0.25, -0.2) is 9.59 Å². The van der Waals surface area contributed by atoms with Gasteiger partial charge in [-0.05, 0) is 57.6 Å². The zero-order valence-corrected chi connectivity index (χ0v) is 20.8. The Labute approximate surface area is 207 Å². The number of benzene rings is 2. The zero-order chi connectivity index (χ0) is 25.3. The van der Waals surface area contributed by atoms with E-state index < -0.39 is 23.7 Å². The lowest BCUT2D eigenvalue weighted by Gasteiger charge is -2.30. The van der Waals surface area contributed by atoms with Crippen molar-refractivity contribution in [3.05, 3.63) is 71.8 Å². The lowest BCUT2D eigenvalue weighted by molar-refractivity contribution is -0.149. The normalized spacial score (nSPS) is 18.7. The summed E-state index contributed by atoms with van der Waals surface area (Å²) in [5.74, 6) is -0.823. The van der Waals surface area contributed by atoms with Gasteiger partial charge in [-0.1, -0.05) is 60.7 Å². The molecule has 7 heteroatoms. The molecule has 2 aromatic rings. The lowest BCUT2D eigenvalue weighted by Crippen LogP contribution is -2.47. The molecule has 35 heavy (non-hydrogen) atoms. The first-order chi connectivity index (χ1) is 16.7. The van der Waals surface area contributed by atoms with Gasteiger partial charge in [0.15, 0.2) is 0 Å². The fraction of sp³-hybridized carbons (Fsp3) is 0.464. The largest absolute Gasteiger partial charge is 0.459 e. The maximum absolute atomic E-state index is 13.1. The van der Waals surface area contributed by atoms with E-state index >= 15 is 0 Å². The molecule has 0 spiro atoms. The van der Waals surface area contributed by atoms with Gasteiger partial charge in [0.05, 0.1) is 0 Å². The Bertz CT molecular complexity index is 964. The van der Waals surface area contributed by atoms with Gasteiger partial charge in [0, 0.05) is 18.4 Å². The highest BCUT2D eigenvalue weighted by Gasteiger charge is 2.31. The first kappa shape index (κ1) is 26.3. The predicted molar refractivity (Wildman–Crippen MR) is 133 cm³/mol. The second-order valence-electron chi connectivity index (χ2n) is 10.0. The van der Waals surface area contributed by atoms with Gasteiger partial charge < -0.3 is 20.1 Å². The van der Waals surface area contributed by atoms with E-state index in [1.54, 1.807) is 0 Å². The molecule has 2 N–H and O–H groups in total. The maximum Gasteiger partial charge on any atom is 0.407 e. The number of carbonyl (C=O) groups excluding carboxylic acids is 3.